The maximum Gasteiger partial charge on any atom is 0.228 e. The van der Waals surface area contributed by atoms with Gasteiger partial charge in [-0.05, 0) is 73.7 Å². The van der Waals surface area contributed by atoms with Crippen LogP contribution in [0.4, 0.5) is 11.4 Å². The van der Waals surface area contributed by atoms with Gasteiger partial charge in [0.15, 0.2) is 0 Å². The molecule has 0 aliphatic heterocycles. The highest BCUT2D eigenvalue weighted by Gasteiger charge is 2.09. The van der Waals surface area contributed by atoms with Crippen molar-refractivity contribution in [1.29, 1.82) is 0 Å². The van der Waals surface area contributed by atoms with Gasteiger partial charge in [-0.15, -0.1) is 0 Å². The third kappa shape index (κ3) is 3.85. The van der Waals surface area contributed by atoms with Crippen molar-refractivity contribution in [2.45, 2.75) is 27.2 Å². The summed E-state index contributed by atoms with van der Waals surface area (Å²) in [7, 11) is 0. The Morgan fingerprint density at radius 2 is 1.88 bits per heavy atom. The molecule has 0 aliphatic rings. The van der Waals surface area contributed by atoms with Gasteiger partial charge in [-0.25, -0.2) is 0 Å². The van der Waals surface area contributed by atoms with Crippen LogP contribution < -0.4 is 10.2 Å². The molecule has 2 N–H and O–H groups in total. The van der Waals surface area contributed by atoms with Gasteiger partial charge in [-0.3, -0.25) is 4.79 Å². The van der Waals surface area contributed by atoms with E-state index in [9.17, 15) is 4.79 Å². The molecule has 130 valence electrons. The zero-order valence-corrected chi connectivity index (χ0v) is 15.1. The van der Waals surface area contributed by atoms with E-state index in [0.717, 1.165) is 40.8 Å². The molecule has 4 nitrogen and oxygen atoms in total. The summed E-state index contributed by atoms with van der Waals surface area (Å²) in [6, 6.07) is 14.3. The Balaban J connectivity index is 1.69. The predicted octanol–water partition coefficient (Wildman–Crippen LogP) is 4.50. The number of hydrogen-bond donors (Lipinski definition) is 2. The number of carbonyl (C=O) groups excluding carboxylic acids is 1. The summed E-state index contributed by atoms with van der Waals surface area (Å²) in [4.78, 5) is 17.9. The molecular weight excluding hydrogens is 310 g/mol. The van der Waals surface area contributed by atoms with Crippen LogP contribution in [0.1, 0.15) is 25.0 Å². The van der Waals surface area contributed by atoms with E-state index < -0.39 is 0 Å². The number of nitrogens with one attached hydrogen (secondary N) is 2. The topological polar surface area (TPSA) is 48.1 Å². The fraction of sp³-hybridized carbons (Fsp3) is 0.286. The lowest BCUT2D eigenvalue weighted by molar-refractivity contribution is -0.115. The number of rotatable bonds is 6. The minimum Gasteiger partial charge on any atom is -0.372 e. The zero-order valence-electron chi connectivity index (χ0n) is 15.1. The van der Waals surface area contributed by atoms with E-state index in [0.29, 0.717) is 6.42 Å². The fourth-order valence-corrected chi connectivity index (χ4v) is 3.17. The average molecular weight is 335 g/mol. The Morgan fingerprint density at radius 3 is 2.60 bits per heavy atom. The molecule has 1 amide bonds. The number of amides is 1. The van der Waals surface area contributed by atoms with Gasteiger partial charge in [0.25, 0.3) is 0 Å². The van der Waals surface area contributed by atoms with Crippen molar-refractivity contribution in [2.75, 3.05) is 23.3 Å². The van der Waals surface area contributed by atoms with E-state index in [4.69, 9.17) is 0 Å². The van der Waals surface area contributed by atoms with Gasteiger partial charge in [0.05, 0.1) is 6.42 Å². The summed E-state index contributed by atoms with van der Waals surface area (Å²) in [6.45, 7) is 8.28. The minimum atomic E-state index is 0.00794. The molecule has 0 bridgehead atoms. The Labute approximate surface area is 148 Å². The Bertz CT molecular complexity index is 878. The summed E-state index contributed by atoms with van der Waals surface area (Å²) in [6.07, 6.45) is 2.29. The quantitative estimate of drug-likeness (QED) is 0.696. The normalized spacial score (nSPS) is 10.8. The lowest BCUT2D eigenvalue weighted by Crippen LogP contribution is -2.22. The first-order chi connectivity index (χ1) is 12.1. The van der Waals surface area contributed by atoms with Crippen molar-refractivity contribution in [2.24, 2.45) is 0 Å². The van der Waals surface area contributed by atoms with E-state index in [2.05, 4.69) is 47.2 Å². The molecule has 3 aromatic rings. The molecule has 3 rings (SSSR count). The van der Waals surface area contributed by atoms with Crippen LogP contribution in [0.5, 0.6) is 0 Å². The second-order valence-electron chi connectivity index (χ2n) is 6.30. The van der Waals surface area contributed by atoms with Gasteiger partial charge in [0.1, 0.15) is 0 Å². The summed E-state index contributed by atoms with van der Waals surface area (Å²) in [5, 5.41) is 4.17. The number of hydrogen-bond acceptors (Lipinski definition) is 2. The van der Waals surface area contributed by atoms with Gasteiger partial charge in [-0.1, -0.05) is 6.07 Å². The summed E-state index contributed by atoms with van der Waals surface area (Å²) < 4.78 is 0. The molecule has 1 heterocycles. The second-order valence-corrected chi connectivity index (χ2v) is 6.30. The average Bonchev–Trinajstić information content (AvgIpc) is 3.06. The molecular formula is C21H25N3O. The monoisotopic (exact) mass is 335 g/mol. The Morgan fingerprint density at radius 1 is 1.08 bits per heavy atom. The van der Waals surface area contributed by atoms with Crippen LogP contribution in [-0.4, -0.2) is 24.0 Å². The lowest BCUT2D eigenvalue weighted by Gasteiger charge is -2.22. The van der Waals surface area contributed by atoms with Crippen molar-refractivity contribution >= 4 is 28.2 Å². The number of aromatic nitrogens is 1. The van der Waals surface area contributed by atoms with Crippen LogP contribution in [0, 0.1) is 6.92 Å². The first kappa shape index (κ1) is 17.1. The highest BCUT2D eigenvalue weighted by Crippen LogP contribution is 2.23. The Hall–Kier alpha value is -2.75. The molecule has 0 atom stereocenters. The molecule has 1 aromatic heterocycles. The van der Waals surface area contributed by atoms with E-state index in [1.807, 2.05) is 37.4 Å². The number of aryl methyl sites for hydroxylation is 1. The first-order valence-corrected chi connectivity index (χ1v) is 8.82. The first-order valence-electron chi connectivity index (χ1n) is 8.82. The SMILES string of the molecule is CCN(CC)c1ccc(NC(=O)Cc2ccc3[nH]ccc3c2)c(C)c1. The summed E-state index contributed by atoms with van der Waals surface area (Å²) >= 11 is 0. The third-order valence-electron chi connectivity index (χ3n) is 4.60. The molecule has 0 unspecified atom stereocenters. The van der Waals surface area contributed by atoms with Crippen LogP contribution in [0.3, 0.4) is 0 Å². The molecule has 0 radical (unpaired) electrons. The second kappa shape index (κ2) is 7.43. The van der Waals surface area contributed by atoms with E-state index in [1.165, 1.54) is 5.69 Å². The van der Waals surface area contributed by atoms with Crippen LogP contribution in [0.15, 0.2) is 48.7 Å². The number of nitrogens with zero attached hydrogens (tertiary/aromatic N) is 1. The highest BCUT2D eigenvalue weighted by molar-refractivity contribution is 5.94. The van der Waals surface area contributed by atoms with Gasteiger partial charge in [0, 0.05) is 36.2 Å². The molecule has 0 saturated heterocycles. The lowest BCUT2D eigenvalue weighted by atomic mass is 10.1. The van der Waals surface area contributed by atoms with Crippen molar-refractivity contribution in [3.05, 3.63) is 59.8 Å². The number of anilines is 2. The molecule has 0 fully saturated rings. The third-order valence-corrected chi connectivity index (χ3v) is 4.60. The van der Waals surface area contributed by atoms with Crippen LogP contribution >= 0.6 is 0 Å². The smallest absolute Gasteiger partial charge is 0.228 e. The summed E-state index contributed by atoms with van der Waals surface area (Å²) in [5.74, 6) is 0.00794. The van der Waals surface area contributed by atoms with E-state index >= 15 is 0 Å². The summed E-state index contributed by atoms with van der Waals surface area (Å²) in [5.41, 5.74) is 5.26. The molecule has 4 heteroatoms. The van der Waals surface area contributed by atoms with Crippen LogP contribution in [0.2, 0.25) is 0 Å². The highest BCUT2D eigenvalue weighted by atomic mass is 16.1. The van der Waals surface area contributed by atoms with E-state index in [-0.39, 0.29) is 5.91 Å². The van der Waals surface area contributed by atoms with E-state index in [1.54, 1.807) is 0 Å². The van der Waals surface area contributed by atoms with Crippen molar-refractivity contribution < 1.29 is 4.79 Å². The van der Waals surface area contributed by atoms with Crippen LogP contribution in [0.25, 0.3) is 10.9 Å². The largest absolute Gasteiger partial charge is 0.372 e. The number of benzene rings is 2. The standard InChI is InChI=1S/C21H25N3O/c1-4-24(5-2)18-7-9-19(15(3)12-18)23-21(25)14-16-6-8-20-17(13-16)10-11-22-20/h6-13,22H,4-5,14H2,1-3H3,(H,23,25). The number of H-pyrrole nitrogens is 1. The number of carbonyl (C=O) groups is 1. The van der Waals surface area contributed by atoms with Gasteiger partial charge < -0.3 is 15.2 Å². The fourth-order valence-electron chi connectivity index (χ4n) is 3.17. The van der Waals surface area contributed by atoms with Gasteiger partial charge in [0.2, 0.25) is 5.91 Å². The molecule has 0 saturated carbocycles. The van der Waals surface area contributed by atoms with Gasteiger partial charge in [-0.2, -0.15) is 0 Å². The maximum absolute atomic E-state index is 12.4. The molecule has 0 aliphatic carbocycles. The van der Waals surface area contributed by atoms with Crippen molar-refractivity contribution in [3.8, 4) is 0 Å². The molecule has 2 aromatic carbocycles. The van der Waals surface area contributed by atoms with Crippen molar-refractivity contribution in [3.63, 3.8) is 0 Å². The predicted molar refractivity (Wildman–Crippen MR) is 105 cm³/mol. The van der Waals surface area contributed by atoms with Crippen molar-refractivity contribution in [1.82, 2.24) is 4.98 Å². The van der Waals surface area contributed by atoms with Crippen LogP contribution in [-0.2, 0) is 11.2 Å². The van der Waals surface area contributed by atoms with Gasteiger partial charge >= 0.3 is 0 Å². The number of aromatic amines is 1. The maximum atomic E-state index is 12.4. The molecule has 0 spiro atoms. The minimum absolute atomic E-state index is 0.00794. The zero-order chi connectivity index (χ0) is 17.8. The number of fused-ring (bicyclic) bond motifs is 1. The molecule has 25 heavy (non-hydrogen) atoms. The Kier molecular flexibility index (Phi) is 5.08.